The van der Waals surface area contributed by atoms with Crippen LogP contribution < -0.4 is 0 Å². The predicted molar refractivity (Wildman–Crippen MR) is 72.3 cm³/mol. The van der Waals surface area contributed by atoms with E-state index in [2.05, 4.69) is 15.5 Å². The molecule has 1 atom stereocenters. The van der Waals surface area contributed by atoms with Crippen molar-refractivity contribution in [2.45, 2.75) is 0 Å². The van der Waals surface area contributed by atoms with Gasteiger partial charge in [0.05, 0.1) is 22.6 Å². The summed E-state index contributed by atoms with van der Waals surface area (Å²) in [5.74, 6) is 0.536. The highest BCUT2D eigenvalue weighted by Gasteiger charge is 2.28. The van der Waals surface area contributed by atoms with Crippen LogP contribution in [0.2, 0.25) is 0 Å². The van der Waals surface area contributed by atoms with E-state index in [1.807, 2.05) is 0 Å². The Labute approximate surface area is 109 Å². The van der Waals surface area contributed by atoms with Crippen molar-refractivity contribution in [3.8, 4) is 6.07 Å². The second kappa shape index (κ2) is 4.18. The standard InChI is InChI=1S/C10H4ClN3OS2/c11-8-10-13-9(15-17(10)16-14-8)7-3-1-6(5-12)2-4-7/h1-4H. The Hall–Kier alpha value is -1.29. The van der Waals surface area contributed by atoms with Gasteiger partial charge in [-0.05, 0) is 24.3 Å². The molecule has 2 aliphatic heterocycles. The van der Waals surface area contributed by atoms with Gasteiger partial charge in [0.25, 0.3) is 0 Å². The fourth-order valence-electron chi connectivity index (χ4n) is 1.33. The molecule has 0 saturated heterocycles. The van der Waals surface area contributed by atoms with Gasteiger partial charge in [-0.3, -0.25) is 0 Å². The molecule has 1 aromatic rings. The van der Waals surface area contributed by atoms with Gasteiger partial charge in [0, 0.05) is 5.56 Å². The van der Waals surface area contributed by atoms with Gasteiger partial charge in [0.2, 0.25) is 5.90 Å². The van der Waals surface area contributed by atoms with Crippen molar-refractivity contribution in [1.29, 1.82) is 5.26 Å². The fraction of sp³-hybridized carbons (Fsp3) is 0. The molecule has 17 heavy (non-hydrogen) atoms. The highest BCUT2D eigenvalue weighted by molar-refractivity contribution is 8.82. The maximum absolute atomic E-state index is 8.71. The van der Waals surface area contributed by atoms with Crippen molar-refractivity contribution in [3.05, 3.63) is 35.4 Å². The molecule has 3 rings (SSSR count). The van der Waals surface area contributed by atoms with Crippen molar-refractivity contribution in [2.75, 3.05) is 0 Å². The minimum Gasteiger partial charge on any atom is -0.399 e. The molecule has 1 unspecified atom stereocenters. The first-order valence-corrected chi connectivity index (χ1v) is 7.40. The van der Waals surface area contributed by atoms with Crippen LogP contribution in [0.5, 0.6) is 0 Å². The Morgan fingerprint density at radius 2 is 2.12 bits per heavy atom. The Morgan fingerprint density at radius 3 is 2.76 bits per heavy atom. The first-order valence-electron chi connectivity index (χ1n) is 4.58. The largest absolute Gasteiger partial charge is 0.399 e. The summed E-state index contributed by atoms with van der Waals surface area (Å²) in [4.78, 5) is 5.00. The van der Waals surface area contributed by atoms with Crippen LogP contribution in [0, 0.1) is 11.3 Å². The number of nitriles is 1. The number of nitrogens with zero attached hydrogens (tertiary/aromatic N) is 3. The van der Waals surface area contributed by atoms with Crippen molar-refractivity contribution < 1.29 is 4.18 Å². The number of hydrogen-bond acceptors (Lipinski definition) is 5. The Balaban J connectivity index is 1.91. The summed E-state index contributed by atoms with van der Waals surface area (Å²) in [6, 6.07) is 9.13. The molecule has 0 N–H and O–H groups in total. The van der Waals surface area contributed by atoms with Gasteiger partial charge in [-0.2, -0.15) is 14.7 Å². The zero-order valence-corrected chi connectivity index (χ0v) is 10.6. The van der Waals surface area contributed by atoms with Crippen molar-refractivity contribution in [1.82, 2.24) is 0 Å². The van der Waals surface area contributed by atoms with E-state index in [0.29, 0.717) is 21.6 Å². The molecule has 2 aliphatic rings. The lowest BCUT2D eigenvalue weighted by atomic mass is 10.1. The molecule has 0 amide bonds. The molecule has 0 aromatic heterocycles. The van der Waals surface area contributed by atoms with E-state index in [4.69, 9.17) is 21.0 Å². The van der Waals surface area contributed by atoms with E-state index in [1.54, 1.807) is 24.3 Å². The molecule has 0 bridgehead atoms. The molecule has 1 aromatic carbocycles. The second-order valence-electron chi connectivity index (χ2n) is 3.19. The van der Waals surface area contributed by atoms with E-state index < -0.39 is 9.80 Å². The Kier molecular flexibility index (Phi) is 2.67. The summed E-state index contributed by atoms with van der Waals surface area (Å²) in [5, 5.41) is 9.11. The molecule has 0 radical (unpaired) electrons. The summed E-state index contributed by atoms with van der Waals surface area (Å²) in [7, 11) is 0.778. The Morgan fingerprint density at radius 1 is 1.35 bits per heavy atom. The van der Waals surface area contributed by atoms with E-state index >= 15 is 0 Å². The number of benzene rings is 1. The number of rotatable bonds is 1. The highest BCUT2D eigenvalue weighted by Crippen LogP contribution is 2.44. The summed E-state index contributed by atoms with van der Waals surface area (Å²) in [6.45, 7) is 0. The van der Waals surface area contributed by atoms with E-state index in [9.17, 15) is 0 Å². The molecule has 0 saturated carbocycles. The van der Waals surface area contributed by atoms with Gasteiger partial charge in [0.1, 0.15) is 9.80 Å². The quantitative estimate of drug-likeness (QED) is 0.452. The van der Waals surface area contributed by atoms with Gasteiger partial charge >= 0.3 is 0 Å². The summed E-state index contributed by atoms with van der Waals surface area (Å²) < 4.78 is 9.61. The minimum absolute atomic E-state index is 0.405. The molecule has 2 heterocycles. The molecule has 7 heteroatoms. The zero-order valence-electron chi connectivity index (χ0n) is 8.25. The van der Waals surface area contributed by atoms with E-state index in [0.717, 1.165) is 5.56 Å². The van der Waals surface area contributed by atoms with Crippen molar-refractivity contribution in [3.63, 3.8) is 0 Å². The van der Waals surface area contributed by atoms with Crippen LogP contribution in [0.3, 0.4) is 0 Å². The smallest absolute Gasteiger partial charge is 0.236 e. The summed E-state index contributed by atoms with van der Waals surface area (Å²) >= 11 is 5.88. The number of aliphatic imine (C=N–C) groups is 1. The third-order valence-corrected chi connectivity index (χ3v) is 5.22. The van der Waals surface area contributed by atoms with Gasteiger partial charge in [-0.25, -0.2) is 0 Å². The Bertz CT molecular complexity index is 628. The fourth-order valence-corrected chi connectivity index (χ4v) is 4.29. The van der Waals surface area contributed by atoms with Crippen LogP contribution in [0.4, 0.5) is 0 Å². The molecule has 0 spiro atoms. The second-order valence-corrected chi connectivity index (χ2v) is 6.25. The van der Waals surface area contributed by atoms with E-state index in [-0.39, 0.29) is 0 Å². The average Bonchev–Trinajstić information content (AvgIpc) is 2.92. The third kappa shape index (κ3) is 1.86. The first kappa shape index (κ1) is 10.8. The highest BCUT2D eigenvalue weighted by atomic mass is 35.5. The van der Waals surface area contributed by atoms with Crippen LogP contribution >= 0.6 is 32.4 Å². The third-order valence-electron chi connectivity index (χ3n) is 2.14. The van der Waals surface area contributed by atoms with Crippen molar-refractivity contribution >= 4 is 48.4 Å². The molecule has 84 valence electrons. The lowest BCUT2D eigenvalue weighted by Gasteiger charge is -2.02. The predicted octanol–water partition coefficient (Wildman–Crippen LogP) is 2.86. The normalized spacial score (nSPS) is 21.4. The molecular formula is C10H4ClN3OS2. The maximum atomic E-state index is 8.71. The lowest BCUT2D eigenvalue weighted by Crippen LogP contribution is -2.02. The molecular weight excluding hydrogens is 278 g/mol. The van der Waals surface area contributed by atoms with Crippen LogP contribution in [-0.2, 0) is 4.18 Å². The molecule has 0 fully saturated rings. The average molecular weight is 282 g/mol. The summed E-state index contributed by atoms with van der Waals surface area (Å²) in [6.07, 6.45) is 0. The van der Waals surface area contributed by atoms with Crippen molar-refractivity contribution in [2.24, 2.45) is 9.39 Å². The number of hydrogen-bond donors (Lipinski definition) is 0. The maximum Gasteiger partial charge on any atom is 0.236 e. The van der Waals surface area contributed by atoms with Crippen LogP contribution in [-0.4, -0.2) is 16.1 Å². The molecule has 4 nitrogen and oxygen atoms in total. The monoisotopic (exact) mass is 281 g/mol. The first-order chi connectivity index (χ1) is 8.28. The van der Waals surface area contributed by atoms with Gasteiger partial charge in [-0.1, -0.05) is 11.6 Å². The van der Waals surface area contributed by atoms with Gasteiger partial charge < -0.3 is 4.18 Å². The topological polar surface area (TPSA) is 57.7 Å². The van der Waals surface area contributed by atoms with Gasteiger partial charge in [0.15, 0.2) is 10.2 Å². The summed E-state index contributed by atoms with van der Waals surface area (Å²) in [5.41, 5.74) is 1.44. The zero-order chi connectivity index (χ0) is 11.8. The lowest BCUT2D eigenvalue weighted by molar-refractivity contribution is 0.662. The van der Waals surface area contributed by atoms with E-state index in [1.165, 1.54) is 11.0 Å². The SMILES string of the molecule is N#Cc1ccc(C2=NC3=S(O2)SN=C3Cl)cc1. The van der Waals surface area contributed by atoms with Gasteiger partial charge in [-0.15, -0.1) is 0 Å². The minimum atomic E-state index is -0.507. The molecule has 0 aliphatic carbocycles. The van der Waals surface area contributed by atoms with Crippen LogP contribution in [0.1, 0.15) is 11.1 Å². The van der Waals surface area contributed by atoms with Crippen LogP contribution in [0.15, 0.2) is 33.7 Å². The number of halogens is 1. The van der Waals surface area contributed by atoms with Crippen LogP contribution in [0.25, 0.3) is 0 Å².